The number of aliphatic carboxylic acids is 1. The van der Waals surface area contributed by atoms with Crippen LogP contribution in [-0.4, -0.2) is 35.5 Å². The van der Waals surface area contributed by atoms with Crippen LogP contribution in [0.5, 0.6) is 0 Å². The van der Waals surface area contributed by atoms with Gasteiger partial charge in [-0.2, -0.15) is 0 Å². The molecule has 0 aromatic rings. The molecule has 0 spiro atoms. The summed E-state index contributed by atoms with van der Waals surface area (Å²) in [6.45, 7) is 3.16. The Morgan fingerprint density at radius 1 is 1.46 bits per heavy atom. The highest BCUT2D eigenvalue weighted by atomic mass is 16.5. The maximum Gasteiger partial charge on any atom is 0.333 e. The highest BCUT2D eigenvalue weighted by Gasteiger charge is 2.65. The first-order valence-electron chi connectivity index (χ1n) is 4.50. The summed E-state index contributed by atoms with van der Waals surface area (Å²) in [5, 5.41) is 18.3. The Bertz CT molecular complexity index is 240. The van der Waals surface area contributed by atoms with E-state index in [9.17, 15) is 9.90 Å². The summed E-state index contributed by atoms with van der Waals surface area (Å²) in [5.74, 6) is -1.11. The predicted molar refractivity (Wildman–Crippen MR) is 44.2 cm³/mol. The van der Waals surface area contributed by atoms with Gasteiger partial charge in [0.1, 0.15) is 0 Å². The van der Waals surface area contributed by atoms with E-state index in [1.54, 1.807) is 0 Å². The average Bonchev–Trinajstić information content (AvgIpc) is 2.79. The van der Waals surface area contributed by atoms with E-state index in [4.69, 9.17) is 9.84 Å². The minimum atomic E-state index is -1.22. The smallest absolute Gasteiger partial charge is 0.333 e. The first kappa shape index (κ1) is 8.97. The first-order chi connectivity index (χ1) is 6.02. The molecule has 0 radical (unpaired) electrons. The summed E-state index contributed by atoms with van der Waals surface area (Å²) in [7, 11) is 0. The van der Waals surface area contributed by atoms with Crippen LogP contribution in [0.25, 0.3) is 0 Å². The number of rotatable bonds is 3. The van der Waals surface area contributed by atoms with Gasteiger partial charge in [0, 0.05) is 10.8 Å². The molecule has 0 aromatic carbocycles. The normalized spacial score (nSPS) is 30.3. The van der Waals surface area contributed by atoms with Crippen molar-refractivity contribution in [1.29, 1.82) is 0 Å². The van der Waals surface area contributed by atoms with Crippen LogP contribution in [0.2, 0.25) is 0 Å². The molecular formula is C9H14O4. The molecule has 74 valence electrons. The molecule has 1 aliphatic heterocycles. The number of hydrogen-bond donors (Lipinski definition) is 2. The molecule has 4 nitrogen and oxygen atoms in total. The molecule has 0 amide bonds. The van der Waals surface area contributed by atoms with Gasteiger partial charge in [0.25, 0.3) is 0 Å². The number of aliphatic hydroxyl groups is 1. The Kier molecular flexibility index (Phi) is 1.69. The largest absolute Gasteiger partial charge is 0.479 e. The molecule has 0 aromatic heterocycles. The molecule has 1 saturated heterocycles. The van der Waals surface area contributed by atoms with Gasteiger partial charge in [-0.05, 0) is 12.8 Å². The fourth-order valence-corrected chi connectivity index (χ4v) is 2.27. The molecule has 1 unspecified atom stereocenters. The third kappa shape index (κ3) is 1.02. The van der Waals surface area contributed by atoms with Crippen LogP contribution in [-0.2, 0) is 9.53 Å². The molecular weight excluding hydrogens is 172 g/mol. The number of ether oxygens (including phenoxy) is 1. The number of carboxylic acid groups (broad SMARTS) is 1. The fourth-order valence-electron chi connectivity index (χ4n) is 2.27. The van der Waals surface area contributed by atoms with Crippen LogP contribution < -0.4 is 0 Å². The number of carbonyl (C=O) groups is 1. The summed E-state index contributed by atoms with van der Waals surface area (Å²) in [6.07, 6.45) is 0.391. The van der Waals surface area contributed by atoms with Gasteiger partial charge in [-0.1, -0.05) is 6.92 Å². The van der Waals surface area contributed by atoms with Crippen molar-refractivity contribution >= 4 is 5.97 Å². The quantitative estimate of drug-likeness (QED) is 0.663. The van der Waals surface area contributed by atoms with Gasteiger partial charge in [0.05, 0.1) is 13.2 Å². The van der Waals surface area contributed by atoms with Gasteiger partial charge in [-0.25, -0.2) is 4.79 Å². The molecule has 2 aliphatic rings. The number of aliphatic hydroxyl groups excluding tert-OH is 1. The zero-order valence-corrected chi connectivity index (χ0v) is 7.62. The van der Waals surface area contributed by atoms with Crippen molar-refractivity contribution < 1.29 is 19.7 Å². The van der Waals surface area contributed by atoms with Gasteiger partial charge >= 0.3 is 5.97 Å². The van der Waals surface area contributed by atoms with Gasteiger partial charge in [-0.15, -0.1) is 0 Å². The lowest BCUT2D eigenvalue weighted by atomic mass is 9.69. The van der Waals surface area contributed by atoms with Crippen molar-refractivity contribution in [3.05, 3.63) is 0 Å². The van der Waals surface area contributed by atoms with Crippen LogP contribution in [0.3, 0.4) is 0 Å². The van der Waals surface area contributed by atoms with Gasteiger partial charge in [0.2, 0.25) is 0 Å². The summed E-state index contributed by atoms with van der Waals surface area (Å²) in [6, 6.07) is 0. The minimum Gasteiger partial charge on any atom is -0.479 e. The standard InChI is InChI=1S/C9H14O4/c1-8(4-13-5-8)9(2-3-9)6(10)7(11)12/h6,10H,2-5H2,1H3,(H,11,12). The lowest BCUT2D eigenvalue weighted by Gasteiger charge is -2.46. The summed E-state index contributed by atoms with van der Waals surface area (Å²) in [4.78, 5) is 10.7. The van der Waals surface area contributed by atoms with Crippen molar-refractivity contribution in [3.63, 3.8) is 0 Å². The lowest BCUT2D eigenvalue weighted by molar-refractivity contribution is -0.184. The van der Waals surface area contributed by atoms with Gasteiger partial charge < -0.3 is 14.9 Å². The van der Waals surface area contributed by atoms with E-state index >= 15 is 0 Å². The highest BCUT2D eigenvalue weighted by molar-refractivity contribution is 5.74. The number of hydrogen-bond acceptors (Lipinski definition) is 3. The average molecular weight is 186 g/mol. The van der Waals surface area contributed by atoms with E-state index in [0.717, 1.165) is 12.8 Å². The van der Waals surface area contributed by atoms with E-state index in [2.05, 4.69) is 0 Å². The monoisotopic (exact) mass is 186 g/mol. The van der Waals surface area contributed by atoms with E-state index in [0.29, 0.717) is 13.2 Å². The second-order valence-electron chi connectivity index (χ2n) is 4.45. The van der Waals surface area contributed by atoms with Crippen molar-refractivity contribution in [2.75, 3.05) is 13.2 Å². The van der Waals surface area contributed by atoms with E-state index in [1.807, 2.05) is 6.92 Å². The molecule has 1 saturated carbocycles. The fraction of sp³-hybridized carbons (Fsp3) is 0.889. The van der Waals surface area contributed by atoms with E-state index in [-0.39, 0.29) is 5.41 Å². The number of carboxylic acids is 1. The Balaban J connectivity index is 2.16. The summed E-state index contributed by atoms with van der Waals surface area (Å²) < 4.78 is 5.09. The van der Waals surface area contributed by atoms with Crippen LogP contribution in [0, 0.1) is 10.8 Å². The van der Waals surface area contributed by atoms with Crippen LogP contribution >= 0.6 is 0 Å². The molecule has 1 aliphatic carbocycles. The Labute approximate surface area is 76.5 Å². The van der Waals surface area contributed by atoms with E-state index in [1.165, 1.54) is 0 Å². The SMILES string of the molecule is CC1(C2(C(O)C(=O)O)CC2)COC1. The van der Waals surface area contributed by atoms with Crippen LogP contribution in [0.1, 0.15) is 19.8 Å². The van der Waals surface area contributed by atoms with Gasteiger partial charge in [-0.3, -0.25) is 0 Å². The third-order valence-electron chi connectivity index (χ3n) is 3.59. The van der Waals surface area contributed by atoms with Crippen LogP contribution in [0.15, 0.2) is 0 Å². The van der Waals surface area contributed by atoms with Crippen molar-refractivity contribution in [2.24, 2.45) is 10.8 Å². The predicted octanol–water partition coefficient (Wildman–Crippen LogP) is 0.249. The molecule has 0 bridgehead atoms. The molecule has 1 atom stereocenters. The minimum absolute atomic E-state index is 0.120. The Hall–Kier alpha value is -0.610. The second kappa shape index (κ2) is 2.45. The third-order valence-corrected chi connectivity index (χ3v) is 3.59. The maximum absolute atomic E-state index is 10.7. The van der Waals surface area contributed by atoms with Crippen molar-refractivity contribution in [2.45, 2.75) is 25.9 Å². The maximum atomic E-state index is 10.7. The topological polar surface area (TPSA) is 66.8 Å². The molecule has 1 heterocycles. The zero-order valence-electron chi connectivity index (χ0n) is 7.62. The van der Waals surface area contributed by atoms with Crippen LogP contribution in [0.4, 0.5) is 0 Å². The highest BCUT2D eigenvalue weighted by Crippen LogP contribution is 2.63. The molecule has 2 rings (SSSR count). The van der Waals surface area contributed by atoms with Gasteiger partial charge in [0.15, 0.2) is 6.10 Å². The first-order valence-corrected chi connectivity index (χ1v) is 4.50. The Morgan fingerprint density at radius 3 is 2.23 bits per heavy atom. The van der Waals surface area contributed by atoms with Crippen molar-refractivity contribution in [1.82, 2.24) is 0 Å². The van der Waals surface area contributed by atoms with Crippen molar-refractivity contribution in [3.8, 4) is 0 Å². The summed E-state index contributed by atoms with van der Waals surface area (Å²) >= 11 is 0. The van der Waals surface area contributed by atoms with E-state index < -0.39 is 17.5 Å². The lowest BCUT2D eigenvalue weighted by Crippen LogP contribution is -2.53. The molecule has 4 heteroatoms. The zero-order chi connectivity index (χ0) is 9.69. The molecule has 2 N–H and O–H groups in total. The Morgan fingerprint density at radius 2 is 2.00 bits per heavy atom. The molecule has 13 heavy (non-hydrogen) atoms. The second-order valence-corrected chi connectivity index (χ2v) is 4.45. The molecule has 2 fully saturated rings. The summed E-state index contributed by atoms with van der Waals surface area (Å²) in [5.41, 5.74) is -0.526.